The first kappa shape index (κ1) is 19.0. The van der Waals surface area contributed by atoms with E-state index in [-0.39, 0.29) is 12.5 Å². The Kier molecular flexibility index (Phi) is 6.16. The summed E-state index contributed by atoms with van der Waals surface area (Å²) in [5.74, 6) is 1.86. The zero-order chi connectivity index (χ0) is 19.2. The van der Waals surface area contributed by atoms with Crippen LogP contribution in [0.15, 0.2) is 46.1 Å². The molecule has 2 aromatic carbocycles. The SMILES string of the molecule is COc1ccc(-c2noc(CO/N=C\c3cccc(Cl)c3Cl)n2)cc1OC. The van der Waals surface area contributed by atoms with Gasteiger partial charge in [0.25, 0.3) is 5.89 Å². The summed E-state index contributed by atoms with van der Waals surface area (Å²) in [6.07, 6.45) is 1.46. The van der Waals surface area contributed by atoms with Crippen LogP contribution < -0.4 is 9.47 Å². The lowest BCUT2D eigenvalue weighted by molar-refractivity contribution is 0.107. The number of nitrogens with zero attached hydrogens (tertiary/aromatic N) is 3. The van der Waals surface area contributed by atoms with Crippen LogP contribution in [0.2, 0.25) is 10.0 Å². The maximum absolute atomic E-state index is 6.07. The van der Waals surface area contributed by atoms with Crippen LogP contribution in [0.3, 0.4) is 0 Å². The summed E-state index contributed by atoms with van der Waals surface area (Å²) in [5.41, 5.74) is 1.36. The Hall–Kier alpha value is -2.77. The number of hydrogen-bond acceptors (Lipinski definition) is 7. The highest BCUT2D eigenvalue weighted by Crippen LogP contribution is 2.31. The number of hydrogen-bond donors (Lipinski definition) is 0. The zero-order valence-corrected chi connectivity index (χ0v) is 16.0. The quantitative estimate of drug-likeness (QED) is 0.420. The van der Waals surface area contributed by atoms with E-state index in [2.05, 4.69) is 15.3 Å². The normalized spacial score (nSPS) is 11.0. The van der Waals surface area contributed by atoms with Gasteiger partial charge in [0.2, 0.25) is 5.82 Å². The first-order chi connectivity index (χ1) is 13.1. The van der Waals surface area contributed by atoms with Gasteiger partial charge >= 0.3 is 0 Å². The molecule has 7 nitrogen and oxygen atoms in total. The third kappa shape index (κ3) is 4.50. The highest BCUT2D eigenvalue weighted by Gasteiger charge is 2.12. The van der Waals surface area contributed by atoms with Crippen LogP contribution in [0.5, 0.6) is 11.5 Å². The van der Waals surface area contributed by atoms with Crippen LogP contribution in [0.1, 0.15) is 11.5 Å². The van der Waals surface area contributed by atoms with Crippen molar-refractivity contribution in [2.75, 3.05) is 14.2 Å². The Labute approximate surface area is 165 Å². The van der Waals surface area contributed by atoms with E-state index in [1.54, 1.807) is 50.6 Å². The number of aromatic nitrogens is 2. The molecule has 0 saturated heterocycles. The Morgan fingerprint density at radius 3 is 2.70 bits per heavy atom. The molecule has 27 heavy (non-hydrogen) atoms. The van der Waals surface area contributed by atoms with Crippen molar-refractivity contribution in [1.82, 2.24) is 10.1 Å². The molecule has 0 aliphatic heterocycles. The largest absolute Gasteiger partial charge is 0.493 e. The molecule has 0 radical (unpaired) electrons. The van der Waals surface area contributed by atoms with Crippen molar-refractivity contribution in [1.29, 1.82) is 0 Å². The van der Waals surface area contributed by atoms with Crippen molar-refractivity contribution < 1.29 is 18.8 Å². The van der Waals surface area contributed by atoms with Gasteiger partial charge in [-0.2, -0.15) is 4.98 Å². The van der Waals surface area contributed by atoms with Gasteiger partial charge in [0.15, 0.2) is 18.1 Å². The maximum Gasteiger partial charge on any atom is 0.267 e. The zero-order valence-electron chi connectivity index (χ0n) is 14.5. The number of rotatable bonds is 7. The van der Waals surface area contributed by atoms with E-state index in [9.17, 15) is 0 Å². The molecule has 0 saturated carbocycles. The molecule has 0 aliphatic rings. The molecule has 0 N–H and O–H groups in total. The predicted octanol–water partition coefficient (Wildman–Crippen LogP) is 4.61. The molecule has 1 heterocycles. The smallest absolute Gasteiger partial charge is 0.267 e. The molecule has 3 aromatic rings. The molecule has 0 aliphatic carbocycles. The number of methoxy groups -OCH3 is 2. The van der Waals surface area contributed by atoms with Crippen LogP contribution in [0.4, 0.5) is 0 Å². The fourth-order valence-electron chi connectivity index (χ4n) is 2.21. The number of ether oxygens (including phenoxy) is 2. The fraction of sp³-hybridized carbons (Fsp3) is 0.167. The average Bonchev–Trinajstić information content (AvgIpc) is 3.16. The van der Waals surface area contributed by atoms with Gasteiger partial charge < -0.3 is 18.8 Å². The highest BCUT2D eigenvalue weighted by molar-refractivity contribution is 6.43. The molecule has 0 amide bonds. The van der Waals surface area contributed by atoms with Gasteiger partial charge in [-0.25, -0.2) is 0 Å². The van der Waals surface area contributed by atoms with E-state index in [1.807, 2.05) is 0 Å². The molecule has 0 unspecified atom stereocenters. The van der Waals surface area contributed by atoms with Crippen LogP contribution in [0.25, 0.3) is 11.4 Å². The van der Waals surface area contributed by atoms with E-state index in [4.69, 9.17) is 42.0 Å². The fourth-order valence-corrected chi connectivity index (χ4v) is 2.57. The molecule has 0 atom stereocenters. The summed E-state index contributed by atoms with van der Waals surface area (Å²) in [6.45, 7) is 0.00890. The van der Waals surface area contributed by atoms with Gasteiger partial charge in [0, 0.05) is 11.1 Å². The molecule has 0 fully saturated rings. The molecule has 0 bridgehead atoms. The second kappa shape index (κ2) is 8.75. The Morgan fingerprint density at radius 2 is 1.93 bits per heavy atom. The number of benzene rings is 2. The summed E-state index contributed by atoms with van der Waals surface area (Å²) in [7, 11) is 3.12. The monoisotopic (exact) mass is 407 g/mol. The minimum atomic E-state index is 0.00890. The highest BCUT2D eigenvalue weighted by atomic mass is 35.5. The Morgan fingerprint density at radius 1 is 1.11 bits per heavy atom. The maximum atomic E-state index is 6.07. The van der Waals surface area contributed by atoms with Gasteiger partial charge in [0.05, 0.1) is 30.5 Å². The topological polar surface area (TPSA) is 79.0 Å². The van der Waals surface area contributed by atoms with Crippen molar-refractivity contribution in [2.45, 2.75) is 6.61 Å². The third-order valence-electron chi connectivity index (χ3n) is 3.55. The standard InChI is InChI=1S/C18H15Cl2N3O4/c1-24-14-7-6-11(8-15(14)25-2)18-22-16(27-23-18)10-26-21-9-12-4-3-5-13(19)17(12)20/h3-9H,10H2,1-2H3/b21-9-. The summed E-state index contributed by atoms with van der Waals surface area (Å²) in [6, 6.07) is 10.5. The summed E-state index contributed by atoms with van der Waals surface area (Å²) < 4.78 is 15.6. The summed E-state index contributed by atoms with van der Waals surface area (Å²) >= 11 is 12.0. The van der Waals surface area contributed by atoms with Crippen molar-refractivity contribution in [2.24, 2.45) is 5.16 Å². The van der Waals surface area contributed by atoms with E-state index in [1.165, 1.54) is 6.21 Å². The lowest BCUT2D eigenvalue weighted by Gasteiger charge is -2.07. The van der Waals surface area contributed by atoms with Gasteiger partial charge in [0.1, 0.15) is 0 Å². The second-order valence-electron chi connectivity index (χ2n) is 5.23. The second-order valence-corrected chi connectivity index (χ2v) is 6.02. The van der Waals surface area contributed by atoms with Crippen molar-refractivity contribution in [3.8, 4) is 22.9 Å². The van der Waals surface area contributed by atoms with Gasteiger partial charge in [-0.1, -0.05) is 45.6 Å². The van der Waals surface area contributed by atoms with E-state index in [0.717, 1.165) is 5.56 Å². The molecule has 9 heteroatoms. The molecule has 140 valence electrons. The third-order valence-corrected chi connectivity index (χ3v) is 4.38. The van der Waals surface area contributed by atoms with E-state index < -0.39 is 0 Å². The van der Waals surface area contributed by atoms with Crippen molar-refractivity contribution in [3.63, 3.8) is 0 Å². The molecule has 0 spiro atoms. The molecular weight excluding hydrogens is 393 g/mol. The summed E-state index contributed by atoms with van der Waals surface area (Å²) in [5, 5.41) is 8.61. The van der Waals surface area contributed by atoms with Gasteiger partial charge in [-0.15, -0.1) is 0 Å². The summed E-state index contributed by atoms with van der Waals surface area (Å²) in [4.78, 5) is 9.44. The Balaban J connectivity index is 1.64. The molecule has 3 rings (SSSR count). The van der Waals surface area contributed by atoms with Gasteiger partial charge in [-0.05, 0) is 24.3 Å². The predicted molar refractivity (Wildman–Crippen MR) is 102 cm³/mol. The lowest BCUT2D eigenvalue weighted by atomic mass is 10.2. The van der Waals surface area contributed by atoms with Crippen LogP contribution in [-0.4, -0.2) is 30.6 Å². The molecule has 1 aromatic heterocycles. The first-order valence-electron chi connectivity index (χ1n) is 7.76. The average molecular weight is 408 g/mol. The van der Waals surface area contributed by atoms with Crippen LogP contribution >= 0.6 is 23.2 Å². The van der Waals surface area contributed by atoms with E-state index >= 15 is 0 Å². The van der Waals surface area contributed by atoms with Crippen LogP contribution in [0, 0.1) is 0 Å². The number of halogens is 2. The number of oxime groups is 1. The Bertz CT molecular complexity index is 960. The minimum Gasteiger partial charge on any atom is -0.493 e. The van der Waals surface area contributed by atoms with Gasteiger partial charge in [-0.3, -0.25) is 0 Å². The van der Waals surface area contributed by atoms with Crippen LogP contribution in [-0.2, 0) is 11.4 Å². The molecular formula is C18H15Cl2N3O4. The first-order valence-corrected chi connectivity index (χ1v) is 8.52. The van der Waals surface area contributed by atoms with Crippen molar-refractivity contribution in [3.05, 3.63) is 57.9 Å². The minimum absolute atomic E-state index is 0.00890. The van der Waals surface area contributed by atoms with E-state index in [0.29, 0.717) is 32.9 Å². The lowest BCUT2D eigenvalue weighted by Crippen LogP contribution is -1.92. The van der Waals surface area contributed by atoms with Crippen molar-refractivity contribution >= 4 is 29.4 Å².